The summed E-state index contributed by atoms with van der Waals surface area (Å²) in [4.78, 5) is 25.9. The molecule has 0 aromatic heterocycles. The van der Waals surface area contributed by atoms with E-state index in [0.717, 1.165) is 5.56 Å². The summed E-state index contributed by atoms with van der Waals surface area (Å²) < 4.78 is 27.8. The Labute approximate surface area is 192 Å². The lowest BCUT2D eigenvalue weighted by atomic mass is 10.1. The fourth-order valence-corrected chi connectivity index (χ4v) is 4.16. The van der Waals surface area contributed by atoms with Crippen LogP contribution >= 0.6 is 11.6 Å². The van der Waals surface area contributed by atoms with Crippen molar-refractivity contribution in [2.75, 3.05) is 18.8 Å². The molecule has 0 saturated heterocycles. The zero-order valence-electron chi connectivity index (χ0n) is 17.5. The first-order chi connectivity index (χ1) is 15.2. The third kappa shape index (κ3) is 5.87. The van der Waals surface area contributed by atoms with Gasteiger partial charge in [0.15, 0.2) is 0 Å². The highest BCUT2D eigenvalue weighted by molar-refractivity contribution is 7.92. The van der Waals surface area contributed by atoms with E-state index in [1.165, 1.54) is 35.2 Å². The minimum absolute atomic E-state index is 0.0447. The maximum absolute atomic E-state index is 12.7. The van der Waals surface area contributed by atoms with Gasteiger partial charge < -0.3 is 10.2 Å². The Kier molecular flexibility index (Phi) is 7.17. The molecular weight excluding hydrogens is 450 g/mol. The minimum atomic E-state index is -3.90. The van der Waals surface area contributed by atoms with Crippen molar-refractivity contribution in [3.8, 4) is 0 Å². The van der Waals surface area contributed by atoms with Crippen molar-refractivity contribution in [1.82, 2.24) is 10.2 Å². The van der Waals surface area contributed by atoms with E-state index >= 15 is 0 Å². The Bertz CT molecular complexity index is 1240. The van der Waals surface area contributed by atoms with E-state index in [0.29, 0.717) is 16.3 Å². The van der Waals surface area contributed by atoms with Gasteiger partial charge in [-0.2, -0.15) is 0 Å². The van der Waals surface area contributed by atoms with E-state index in [-0.39, 0.29) is 22.9 Å². The first-order valence-electron chi connectivity index (χ1n) is 9.63. The number of hydrogen-bond acceptors (Lipinski definition) is 4. The molecule has 0 unspecified atom stereocenters. The third-order valence-corrected chi connectivity index (χ3v) is 6.16. The fraction of sp³-hybridized carbons (Fsp3) is 0.130. The lowest BCUT2D eigenvalue weighted by Gasteiger charge is -2.11. The Balaban J connectivity index is 1.68. The minimum Gasteiger partial charge on any atom is -0.348 e. The summed E-state index contributed by atoms with van der Waals surface area (Å²) in [6.07, 6.45) is 0. The topological polar surface area (TPSA) is 95.6 Å². The maximum atomic E-state index is 12.7. The highest BCUT2D eigenvalue weighted by Gasteiger charge is 2.17. The number of sulfonamides is 1. The van der Waals surface area contributed by atoms with E-state index in [1.807, 2.05) is 0 Å². The molecule has 9 heteroatoms. The number of amides is 2. The van der Waals surface area contributed by atoms with Gasteiger partial charge in [0.2, 0.25) is 0 Å². The molecular formula is C23H22ClN3O4S. The van der Waals surface area contributed by atoms with Crippen LogP contribution in [0.1, 0.15) is 26.3 Å². The van der Waals surface area contributed by atoms with Crippen molar-refractivity contribution < 1.29 is 18.0 Å². The number of halogens is 1. The molecule has 3 rings (SSSR count). The van der Waals surface area contributed by atoms with Gasteiger partial charge in [-0.05, 0) is 54.1 Å². The molecule has 0 saturated carbocycles. The van der Waals surface area contributed by atoms with Gasteiger partial charge in [0.05, 0.1) is 10.6 Å². The summed E-state index contributed by atoms with van der Waals surface area (Å²) in [6.45, 7) is 0.229. The number of carbonyl (C=O) groups is 2. The summed E-state index contributed by atoms with van der Waals surface area (Å²) in [5.41, 5.74) is 1.89. The van der Waals surface area contributed by atoms with Gasteiger partial charge in [0, 0.05) is 36.8 Å². The number of rotatable bonds is 7. The number of hydrogen-bond donors (Lipinski definition) is 2. The summed E-state index contributed by atoms with van der Waals surface area (Å²) in [7, 11) is -0.546. The molecule has 7 nitrogen and oxygen atoms in total. The molecule has 0 aliphatic carbocycles. The van der Waals surface area contributed by atoms with Crippen LogP contribution in [-0.4, -0.2) is 39.2 Å². The number of benzene rings is 3. The van der Waals surface area contributed by atoms with Gasteiger partial charge in [-0.3, -0.25) is 14.3 Å². The van der Waals surface area contributed by atoms with Crippen molar-refractivity contribution in [3.05, 3.63) is 94.5 Å². The van der Waals surface area contributed by atoms with Crippen LogP contribution < -0.4 is 10.0 Å². The molecule has 0 aliphatic heterocycles. The van der Waals surface area contributed by atoms with Crippen LogP contribution in [0, 0.1) is 0 Å². The van der Waals surface area contributed by atoms with Crippen LogP contribution in [0.5, 0.6) is 0 Å². The summed E-state index contributed by atoms with van der Waals surface area (Å²) >= 11 is 5.90. The van der Waals surface area contributed by atoms with Crippen LogP contribution in [0.4, 0.5) is 5.69 Å². The van der Waals surface area contributed by atoms with Crippen molar-refractivity contribution in [3.63, 3.8) is 0 Å². The van der Waals surface area contributed by atoms with Crippen LogP contribution in [0.3, 0.4) is 0 Å². The average molecular weight is 472 g/mol. The molecule has 0 radical (unpaired) electrons. The van der Waals surface area contributed by atoms with Gasteiger partial charge in [-0.1, -0.05) is 35.9 Å². The first-order valence-corrected chi connectivity index (χ1v) is 11.5. The number of carbonyl (C=O) groups excluding carboxylic acids is 2. The average Bonchev–Trinajstić information content (AvgIpc) is 2.77. The standard InChI is InChI=1S/C23H22ClN3O4S/c1-27(2)23(29)17-11-9-16(10-12-17)15-25-22(28)18-5-3-8-21(13-18)32(30,31)26-20-7-4-6-19(24)14-20/h3-14,26H,15H2,1-2H3,(H,25,28). The second-order valence-electron chi connectivity index (χ2n) is 7.22. The largest absolute Gasteiger partial charge is 0.348 e. The lowest BCUT2D eigenvalue weighted by molar-refractivity contribution is 0.0827. The highest BCUT2D eigenvalue weighted by Crippen LogP contribution is 2.20. The molecule has 0 atom stereocenters. The Morgan fingerprint density at radius 3 is 2.25 bits per heavy atom. The van der Waals surface area contributed by atoms with Crippen molar-refractivity contribution in [2.24, 2.45) is 0 Å². The van der Waals surface area contributed by atoms with E-state index in [4.69, 9.17) is 11.6 Å². The smallest absolute Gasteiger partial charge is 0.261 e. The van der Waals surface area contributed by atoms with E-state index < -0.39 is 15.9 Å². The Morgan fingerprint density at radius 1 is 0.906 bits per heavy atom. The molecule has 0 aliphatic rings. The number of anilines is 1. The summed E-state index contributed by atoms with van der Waals surface area (Å²) in [6, 6.07) is 19.0. The van der Waals surface area contributed by atoms with Crippen LogP contribution in [0.15, 0.2) is 77.7 Å². The second kappa shape index (κ2) is 9.84. The normalized spacial score (nSPS) is 11.0. The first kappa shape index (κ1) is 23.3. The van der Waals surface area contributed by atoms with Crippen LogP contribution in [-0.2, 0) is 16.6 Å². The molecule has 32 heavy (non-hydrogen) atoms. The Morgan fingerprint density at radius 2 is 1.59 bits per heavy atom. The van der Waals surface area contributed by atoms with E-state index in [9.17, 15) is 18.0 Å². The highest BCUT2D eigenvalue weighted by atomic mass is 35.5. The fourth-order valence-electron chi connectivity index (χ4n) is 2.88. The van der Waals surface area contributed by atoms with Crippen molar-refractivity contribution in [1.29, 1.82) is 0 Å². The monoisotopic (exact) mass is 471 g/mol. The van der Waals surface area contributed by atoms with Gasteiger partial charge in [0.25, 0.3) is 21.8 Å². The summed E-state index contributed by atoms with van der Waals surface area (Å²) in [5.74, 6) is -0.525. The molecule has 3 aromatic rings. The SMILES string of the molecule is CN(C)C(=O)c1ccc(CNC(=O)c2cccc(S(=O)(=O)Nc3cccc(Cl)c3)c2)cc1. The molecule has 0 spiro atoms. The van der Waals surface area contributed by atoms with Crippen LogP contribution in [0.2, 0.25) is 5.02 Å². The molecule has 2 N–H and O–H groups in total. The summed E-state index contributed by atoms with van der Waals surface area (Å²) in [5, 5.41) is 3.16. The maximum Gasteiger partial charge on any atom is 0.261 e. The molecule has 166 valence electrons. The lowest BCUT2D eigenvalue weighted by Crippen LogP contribution is -2.24. The van der Waals surface area contributed by atoms with Gasteiger partial charge in [-0.15, -0.1) is 0 Å². The van der Waals surface area contributed by atoms with E-state index in [2.05, 4.69) is 10.0 Å². The van der Waals surface area contributed by atoms with E-state index in [1.54, 1.807) is 56.6 Å². The molecule has 2 amide bonds. The zero-order valence-corrected chi connectivity index (χ0v) is 19.1. The number of nitrogens with one attached hydrogen (secondary N) is 2. The second-order valence-corrected chi connectivity index (χ2v) is 9.34. The van der Waals surface area contributed by atoms with Gasteiger partial charge in [-0.25, -0.2) is 8.42 Å². The molecule has 0 bridgehead atoms. The Hall–Kier alpha value is -3.36. The predicted molar refractivity (Wildman–Crippen MR) is 124 cm³/mol. The predicted octanol–water partition coefficient (Wildman–Crippen LogP) is 3.77. The molecule has 0 heterocycles. The molecule has 0 fully saturated rings. The third-order valence-electron chi connectivity index (χ3n) is 4.54. The number of nitrogens with zero attached hydrogens (tertiary/aromatic N) is 1. The van der Waals surface area contributed by atoms with Crippen molar-refractivity contribution in [2.45, 2.75) is 11.4 Å². The zero-order chi connectivity index (χ0) is 23.3. The van der Waals surface area contributed by atoms with Gasteiger partial charge >= 0.3 is 0 Å². The quantitative estimate of drug-likeness (QED) is 0.548. The van der Waals surface area contributed by atoms with Crippen molar-refractivity contribution >= 4 is 39.1 Å². The molecule has 3 aromatic carbocycles. The van der Waals surface area contributed by atoms with Crippen LogP contribution in [0.25, 0.3) is 0 Å². The van der Waals surface area contributed by atoms with Gasteiger partial charge in [0.1, 0.15) is 0 Å².